The van der Waals surface area contributed by atoms with Crippen molar-refractivity contribution in [3.63, 3.8) is 0 Å². The number of benzene rings is 1. The van der Waals surface area contributed by atoms with Crippen LogP contribution in [0.2, 0.25) is 0 Å². The summed E-state index contributed by atoms with van der Waals surface area (Å²) in [5, 5.41) is 17.9. The van der Waals surface area contributed by atoms with Gasteiger partial charge in [-0.1, -0.05) is 0 Å². The highest BCUT2D eigenvalue weighted by molar-refractivity contribution is 7.13. The number of fused-ring (bicyclic) bond motifs is 3. The summed E-state index contributed by atoms with van der Waals surface area (Å²) in [5.41, 5.74) is 2.37. The molecule has 2 aromatic heterocycles. The van der Waals surface area contributed by atoms with Crippen molar-refractivity contribution in [2.45, 2.75) is 18.5 Å². The third kappa shape index (κ3) is 2.88. The number of amides is 1. The monoisotopic (exact) mass is 385 g/mol. The molecule has 6 rings (SSSR count). The summed E-state index contributed by atoms with van der Waals surface area (Å²) >= 11 is 1.52. The van der Waals surface area contributed by atoms with Gasteiger partial charge in [-0.25, -0.2) is 4.98 Å². The average Bonchev–Trinajstić information content (AvgIpc) is 3.34. The van der Waals surface area contributed by atoms with E-state index >= 15 is 0 Å². The SMILES string of the molecule is O=C(NCCO)c1ccc(-c2nccs2)c2oc(N3CC4CC(C3)N4)nc12. The molecule has 27 heavy (non-hydrogen) atoms. The van der Waals surface area contributed by atoms with Gasteiger partial charge >= 0.3 is 0 Å². The Morgan fingerprint density at radius 3 is 2.93 bits per heavy atom. The number of hydrogen-bond donors (Lipinski definition) is 3. The first-order valence-electron chi connectivity index (χ1n) is 8.96. The summed E-state index contributed by atoms with van der Waals surface area (Å²) in [7, 11) is 0. The second kappa shape index (κ2) is 6.59. The number of hydrogen-bond acceptors (Lipinski definition) is 8. The highest BCUT2D eigenvalue weighted by Gasteiger charge is 2.38. The Hall–Kier alpha value is -2.49. The minimum Gasteiger partial charge on any atom is -0.423 e. The van der Waals surface area contributed by atoms with Gasteiger partial charge in [0.1, 0.15) is 10.5 Å². The third-order valence-electron chi connectivity index (χ3n) is 5.03. The standard InChI is InChI=1S/C18H19N5O3S/c24-5-3-19-16(25)12-1-2-13(17-20-4-6-27-17)15-14(12)22-18(26-15)23-8-10-7-11(9-23)21-10/h1-2,4,6,10-11,21,24H,3,5,7-9H2,(H,19,25). The minimum atomic E-state index is -0.275. The van der Waals surface area contributed by atoms with E-state index in [1.807, 2.05) is 11.4 Å². The zero-order chi connectivity index (χ0) is 18.4. The fourth-order valence-electron chi connectivity index (χ4n) is 3.77. The van der Waals surface area contributed by atoms with Gasteiger partial charge < -0.3 is 25.1 Å². The van der Waals surface area contributed by atoms with Gasteiger partial charge in [0.2, 0.25) is 0 Å². The van der Waals surface area contributed by atoms with Crippen molar-refractivity contribution in [1.29, 1.82) is 0 Å². The fraction of sp³-hybridized carbons (Fsp3) is 0.389. The Kier molecular flexibility index (Phi) is 4.07. The molecule has 3 fully saturated rings. The Morgan fingerprint density at radius 2 is 2.22 bits per heavy atom. The lowest BCUT2D eigenvalue weighted by molar-refractivity contribution is 0.0946. The second-order valence-electron chi connectivity index (χ2n) is 6.85. The lowest BCUT2D eigenvalue weighted by atomic mass is 9.92. The fourth-order valence-corrected chi connectivity index (χ4v) is 4.43. The van der Waals surface area contributed by atoms with E-state index in [0.717, 1.165) is 23.7 Å². The number of rotatable bonds is 5. The quantitative estimate of drug-likeness (QED) is 0.607. The number of oxazole rings is 1. The smallest absolute Gasteiger partial charge is 0.298 e. The summed E-state index contributed by atoms with van der Waals surface area (Å²) in [5.74, 6) is -0.275. The number of aromatic nitrogens is 2. The number of nitrogens with zero attached hydrogens (tertiary/aromatic N) is 3. The first-order valence-corrected chi connectivity index (χ1v) is 9.84. The number of aliphatic hydroxyl groups is 1. The van der Waals surface area contributed by atoms with E-state index in [1.165, 1.54) is 17.8 Å². The van der Waals surface area contributed by atoms with Crippen molar-refractivity contribution in [3.8, 4) is 10.6 Å². The largest absolute Gasteiger partial charge is 0.423 e. The maximum absolute atomic E-state index is 12.5. The van der Waals surface area contributed by atoms with Gasteiger partial charge in [-0.05, 0) is 18.6 Å². The minimum absolute atomic E-state index is 0.111. The highest BCUT2D eigenvalue weighted by Crippen LogP contribution is 2.36. The van der Waals surface area contributed by atoms with Crippen LogP contribution in [0.3, 0.4) is 0 Å². The zero-order valence-corrected chi connectivity index (χ0v) is 15.3. The van der Waals surface area contributed by atoms with E-state index in [9.17, 15) is 4.79 Å². The molecule has 0 saturated carbocycles. The number of aliphatic hydroxyl groups excluding tert-OH is 1. The van der Waals surface area contributed by atoms with Crippen molar-refractivity contribution < 1.29 is 14.3 Å². The molecule has 0 aliphatic carbocycles. The molecule has 1 amide bonds. The van der Waals surface area contributed by atoms with E-state index in [4.69, 9.17) is 9.52 Å². The van der Waals surface area contributed by atoms with E-state index < -0.39 is 0 Å². The Bertz CT molecular complexity index is 970. The van der Waals surface area contributed by atoms with E-state index in [1.54, 1.807) is 12.3 Å². The molecule has 3 aliphatic rings. The molecule has 2 atom stereocenters. The zero-order valence-electron chi connectivity index (χ0n) is 14.5. The third-order valence-corrected chi connectivity index (χ3v) is 5.84. The lowest BCUT2D eigenvalue weighted by Crippen LogP contribution is -2.67. The number of piperidine rings is 1. The number of anilines is 1. The van der Waals surface area contributed by atoms with Crippen LogP contribution in [-0.2, 0) is 0 Å². The molecule has 1 aromatic carbocycles. The van der Waals surface area contributed by atoms with E-state index in [0.29, 0.717) is 34.8 Å². The van der Waals surface area contributed by atoms with Crippen molar-refractivity contribution in [3.05, 3.63) is 29.3 Å². The van der Waals surface area contributed by atoms with Crippen LogP contribution in [0.4, 0.5) is 6.01 Å². The maximum Gasteiger partial charge on any atom is 0.298 e. The van der Waals surface area contributed by atoms with Gasteiger partial charge in [0, 0.05) is 43.3 Å². The lowest BCUT2D eigenvalue weighted by Gasteiger charge is -2.47. The summed E-state index contributed by atoms with van der Waals surface area (Å²) < 4.78 is 6.15. The topological polar surface area (TPSA) is 104 Å². The first kappa shape index (κ1) is 16.7. The Morgan fingerprint density at radius 1 is 1.41 bits per heavy atom. The summed E-state index contributed by atoms with van der Waals surface area (Å²) in [6.45, 7) is 1.78. The highest BCUT2D eigenvalue weighted by atomic mass is 32.1. The van der Waals surface area contributed by atoms with E-state index in [-0.39, 0.29) is 19.1 Å². The number of nitrogens with one attached hydrogen (secondary N) is 2. The van der Waals surface area contributed by atoms with Crippen molar-refractivity contribution in [2.24, 2.45) is 0 Å². The molecule has 3 aromatic rings. The number of carbonyl (C=O) groups is 1. The summed E-state index contributed by atoms with van der Waals surface area (Å²) in [6, 6.07) is 5.09. The molecule has 3 N–H and O–H groups in total. The van der Waals surface area contributed by atoms with Gasteiger partial charge in [0.15, 0.2) is 5.58 Å². The van der Waals surface area contributed by atoms with Crippen molar-refractivity contribution in [2.75, 3.05) is 31.1 Å². The van der Waals surface area contributed by atoms with Crippen molar-refractivity contribution >= 4 is 34.4 Å². The predicted molar refractivity (Wildman–Crippen MR) is 102 cm³/mol. The number of thiazole rings is 1. The molecule has 3 saturated heterocycles. The molecule has 8 nitrogen and oxygen atoms in total. The first-order chi connectivity index (χ1) is 13.2. The predicted octanol–water partition coefficient (Wildman–Crippen LogP) is 1.22. The van der Waals surface area contributed by atoms with Crippen LogP contribution in [-0.4, -0.2) is 59.3 Å². The Labute approximate surface area is 159 Å². The molecule has 2 unspecified atom stereocenters. The second-order valence-corrected chi connectivity index (χ2v) is 7.75. The van der Waals surface area contributed by atoms with E-state index in [2.05, 4.69) is 25.5 Å². The van der Waals surface area contributed by atoms with Crippen molar-refractivity contribution in [1.82, 2.24) is 20.6 Å². The van der Waals surface area contributed by atoms with Gasteiger partial charge in [-0.2, -0.15) is 4.98 Å². The van der Waals surface area contributed by atoms with Crippen LogP contribution in [0.15, 0.2) is 28.1 Å². The molecule has 0 radical (unpaired) electrons. The van der Waals surface area contributed by atoms with Gasteiger partial charge in [-0.15, -0.1) is 11.3 Å². The molecular formula is C18H19N5O3S. The summed E-state index contributed by atoms with van der Waals surface area (Å²) in [4.78, 5) is 23.7. The van der Waals surface area contributed by atoms with Crippen LogP contribution in [0.1, 0.15) is 16.8 Å². The summed E-state index contributed by atoms with van der Waals surface area (Å²) in [6.07, 6.45) is 2.94. The molecule has 5 heterocycles. The molecule has 3 aliphatic heterocycles. The Balaban J connectivity index is 1.59. The van der Waals surface area contributed by atoms with Crippen LogP contribution in [0.25, 0.3) is 21.7 Å². The van der Waals surface area contributed by atoms with Gasteiger partial charge in [0.05, 0.1) is 17.7 Å². The van der Waals surface area contributed by atoms with Crippen LogP contribution < -0.4 is 15.5 Å². The van der Waals surface area contributed by atoms with Gasteiger partial charge in [0.25, 0.3) is 11.9 Å². The number of carbonyl (C=O) groups excluding carboxylic acids is 1. The van der Waals surface area contributed by atoms with Gasteiger partial charge in [-0.3, -0.25) is 4.79 Å². The van der Waals surface area contributed by atoms with Crippen LogP contribution in [0.5, 0.6) is 0 Å². The molecule has 9 heteroatoms. The normalized spacial score (nSPS) is 21.3. The molecule has 0 spiro atoms. The molecular weight excluding hydrogens is 366 g/mol. The number of piperazine rings is 1. The molecule has 140 valence electrons. The molecule has 2 bridgehead atoms. The average molecular weight is 385 g/mol. The van der Waals surface area contributed by atoms with Crippen LogP contribution in [0, 0.1) is 0 Å². The van der Waals surface area contributed by atoms with Crippen LogP contribution >= 0.6 is 11.3 Å². The maximum atomic E-state index is 12.5.